The number of ether oxygens (including phenoxy) is 1. The molecule has 1 amide bonds. The van der Waals surface area contributed by atoms with E-state index in [2.05, 4.69) is 10.6 Å². The topological polar surface area (TPSA) is 111 Å². The van der Waals surface area contributed by atoms with Gasteiger partial charge >= 0.3 is 5.97 Å². The van der Waals surface area contributed by atoms with Crippen LogP contribution in [-0.2, 0) is 20.7 Å². The lowest BCUT2D eigenvalue weighted by Crippen LogP contribution is -2.32. The highest BCUT2D eigenvalue weighted by Gasteiger charge is 2.08. The number of esters is 1. The summed E-state index contributed by atoms with van der Waals surface area (Å²) in [6, 6.07) is 12.7. The van der Waals surface area contributed by atoms with Gasteiger partial charge in [-0.05, 0) is 29.8 Å². The molecule has 27 heavy (non-hydrogen) atoms. The van der Waals surface area contributed by atoms with Gasteiger partial charge in [-0.25, -0.2) is 0 Å². The SMILES string of the molecule is O=C(COC(=O)Cc1ccc(Cl)cc1)NCCNc1ccc([N+](=O)[O-])cc1. The number of hydrogen-bond acceptors (Lipinski definition) is 6. The fraction of sp³-hybridized carbons (Fsp3) is 0.222. The maximum Gasteiger partial charge on any atom is 0.310 e. The molecule has 0 saturated carbocycles. The molecule has 0 unspecified atom stereocenters. The first kappa shape index (κ1) is 20.2. The molecule has 2 aromatic carbocycles. The number of halogens is 1. The van der Waals surface area contributed by atoms with E-state index >= 15 is 0 Å². The van der Waals surface area contributed by atoms with Crippen LogP contribution in [0.25, 0.3) is 0 Å². The van der Waals surface area contributed by atoms with Crippen LogP contribution in [0, 0.1) is 10.1 Å². The largest absolute Gasteiger partial charge is 0.455 e. The Kier molecular flexibility index (Phi) is 7.57. The Morgan fingerprint density at radius 2 is 1.70 bits per heavy atom. The Hall–Kier alpha value is -3.13. The second kappa shape index (κ2) is 10.1. The average Bonchev–Trinajstić information content (AvgIpc) is 2.66. The zero-order valence-electron chi connectivity index (χ0n) is 14.3. The van der Waals surface area contributed by atoms with Gasteiger partial charge < -0.3 is 15.4 Å². The standard InChI is InChI=1S/C18H18ClN3O5/c19-14-3-1-13(2-4-14)11-18(24)27-12-17(23)21-10-9-20-15-5-7-16(8-6-15)22(25)26/h1-8,20H,9-12H2,(H,21,23). The summed E-state index contributed by atoms with van der Waals surface area (Å²) in [5.74, 6) is -0.915. The maximum atomic E-state index is 11.7. The molecule has 0 spiro atoms. The average molecular weight is 392 g/mol. The molecule has 0 aliphatic carbocycles. The van der Waals surface area contributed by atoms with Crippen molar-refractivity contribution in [2.24, 2.45) is 0 Å². The van der Waals surface area contributed by atoms with Gasteiger partial charge in [-0.15, -0.1) is 0 Å². The number of hydrogen-bond donors (Lipinski definition) is 2. The summed E-state index contributed by atoms with van der Waals surface area (Å²) in [5.41, 5.74) is 1.45. The van der Waals surface area contributed by atoms with Crippen LogP contribution in [-0.4, -0.2) is 36.5 Å². The quantitative estimate of drug-likeness (QED) is 0.294. The first-order valence-electron chi connectivity index (χ1n) is 8.09. The lowest BCUT2D eigenvalue weighted by atomic mass is 10.1. The normalized spacial score (nSPS) is 10.1. The molecule has 0 fully saturated rings. The fourth-order valence-corrected chi connectivity index (χ4v) is 2.25. The summed E-state index contributed by atoms with van der Waals surface area (Å²) in [4.78, 5) is 33.5. The van der Waals surface area contributed by atoms with Crippen LogP contribution in [0.2, 0.25) is 5.02 Å². The Morgan fingerprint density at radius 1 is 1.04 bits per heavy atom. The van der Waals surface area contributed by atoms with Gasteiger partial charge in [0.1, 0.15) is 0 Å². The highest BCUT2D eigenvalue weighted by atomic mass is 35.5. The Morgan fingerprint density at radius 3 is 2.33 bits per heavy atom. The van der Waals surface area contributed by atoms with E-state index < -0.39 is 16.8 Å². The lowest BCUT2D eigenvalue weighted by Gasteiger charge is -2.08. The van der Waals surface area contributed by atoms with Gasteiger partial charge in [-0.2, -0.15) is 0 Å². The van der Waals surface area contributed by atoms with E-state index in [0.717, 1.165) is 5.56 Å². The van der Waals surface area contributed by atoms with Gasteiger partial charge in [0.15, 0.2) is 6.61 Å². The van der Waals surface area contributed by atoms with E-state index in [9.17, 15) is 19.7 Å². The number of nitro groups is 1. The molecule has 142 valence electrons. The second-order valence-corrected chi connectivity index (χ2v) is 5.98. The van der Waals surface area contributed by atoms with Gasteiger partial charge in [-0.3, -0.25) is 19.7 Å². The van der Waals surface area contributed by atoms with Crippen LogP contribution in [0.1, 0.15) is 5.56 Å². The van der Waals surface area contributed by atoms with Crippen molar-refractivity contribution in [3.63, 3.8) is 0 Å². The Bertz CT molecular complexity index is 794. The maximum absolute atomic E-state index is 11.7. The summed E-state index contributed by atoms with van der Waals surface area (Å²) >= 11 is 5.77. The minimum atomic E-state index is -0.503. The third-order valence-corrected chi connectivity index (χ3v) is 3.73. The van der Waals surface area contributed by atoms with Crippen molar-refractivity contribution in [3.05, 3.63) is 69.2 Å². The van der Waals surface area contributed by atoms with E-state index in [0.29, 0.717) is 23.8 Å². The van der Waals surface area contributed by atoms with E-state index in [1.807, 2.05) is 0 Å². The number of amides is 1. The minimum absolute atomic E-state index is 0.00858. The lowest BCUT2D eigenvalue weighted by molar-refractivity contribution is -0.384. The van der Waals surface area contributed by atoms with Crippen molar-refractivity contribution in [3.8, 4) is 0 Å². The monoisotopic (exact) mass is 391 g/mol. The van der Waals surface area contributed by atoms with E-state index in [4.69, 9.17) is 16.3 Å². The number of rotatable bonds is 9. The summed E-state index contributed by atoms with van der Waals surface area (Å²) in [7, 11) is 0. The minimum Gasteiger partial charge on any atom is -0.455 e. The molecule has 0 aromatic heterocycles. The van der Waals surface area contributed by atoms with Crippen molar-refractivity contribution in [1.29, 1.82) is 0 Å². The number of carbonyl (C=O) groups is 2. The number of benzene rings is 2. The van der Waals surface area contributed by atoms with Crippen LogP contribution >= 0.6 is 11.6 Å². The second-order valence-electron chi connectivity index (χ2n) is 5.54. The molecule has 9 heteroatoms. The highest BCUT2D eigenvalue weighted by molar-refractivity contribution is 6.30. The van der Waals surface area contributed by atoms with Crippen LogP contribution in [0.4, 0.5) is 11.4 Å². The van der Waals surface area contributed by atoms with Crippen molar-refractivity contribution >= 4 is 34.9 Å². The number of nitrogens with one attached hydrogen (secondary N) is 2. The molecule has 0 atom stereocenters. The molecule has 0 aliphatic heterocycles. The Labute approximate surface area is 160 Å². The number of nitro benzene ring substituents is 1. The zero-order chi connectivity index (χ0) is 19.6. The number of carbonyl (C=O) groups excluding carboxylic acids is 2. The van der Waals surface area contributed by atoms with Gasteiger partial charge in [0.05, 0.1) is 11.3 Å². The van der Waals surface area contributed by atoms with Crippen LogP contribution in [0.3, 0.4) is 0 Å². The van der Waals surface area contributed by atoms with Crippen molar-refractivity contribution in [1.82, 2.24) is 5.32 Å². The third kappa shape index (κ3) is 7.33. The van der Waals surface area contributed by atoms with E-state index in [1.54, 1.807) is 36.4 Å². The van der Waals surface area contributed by atoms with Crippen LogP contribution in [0.5, 0.6) is 0 Å². The molecule has 0 saturated heterocycles. The smallest absolute Gasteiger partial charge is 0.310 e. The predicted octanol–water partition coefficient (Wildman–Crippen LogP) is 2.56. The third-order valence-electron chi connectivity index (χ3n) is 3.48. The molecule has 2 N–H and O–H groups in total. The molecular weight excluding hydrogens is 374 g/mol. The van der Waals surface area contributed by atoms with Gasteiger partial charge in [0.25, 0.3) is 11.6 Å². The molecule has 0 radical (unpaired) electrons. The molecular formula is C18H18ClN3O5. The molecule has 0 aliphatic rings. The van der Waals surface area contributed by atoms with Gasteiger partial charge in [0, 0.05) is 35.9 Å². The first-order valence-corrected chi connectivity index (χ1v) is 8.47. The first-order chi connectivity index (χ1) is 12.9. The zero-order valence-corrected chi connectivity index (χ0v) is 15.1. The Balaban J connectivity index is 1.61. The summed E-state index contributed by atoms with van der Waals surface area (Å²) < 4.78 is 4.92. The van der Waals surface area contributed by atoms with E-state index in [1.165, 1.54) is 12.1 Å². The molecule has 0 heterocycles. The van der Waals surface area contributed by atoms with Gasteiger partial charge in [-0.1, -0.05) is 23.7 Å². The fourth-order valence-electron chi connectivity index (χ4n) is 2.13. The summed E-state index contributed by atoms with van der Waals surface area (Å²) in [5, 5.41) is 16.8. The van der Waals surface area contributed by atoms with Gasteiger partial charge in [0.2, 0.25) is 0 Å². The molecule has 8 nitrogen and oxygen atoms in total. The predicted molar refractivity (Wildman–Crippen MR) is 101 cm³/mol. The summed E-state index contributed by atoms with van der Waals surface area (Å²) in [6.45, 7) is 0.372. The number of nitrogens with zero attached hydrogens (tertiary/aromatic N) is 1. The molecule has 2 rings (SSSR count). The molecule has 2 aromatic rings. The highest BCUT2D eigenvalue weighted by Crippen LogP contribution is 2.14. The van der Waals surface area contributed by atoms with Crippen molar-refractivity contribution in [2.45, 2.75) is 6.42 Å². The van der Waals surface area contributed by atoms with Crippen molar-refractivity contribution in [2.75, 3.05) is 25.0 Å². The van der Waals surface area contributed by atoms with Crippen LogP contribution < -0.4 is 10.6 Å². The van der Waals surface area contributed by atoms with E-state index in [-0.39, 0.29) is 18.7 Å². The van der Waals surface area contributed by atoms with Crippen LogP contribution in [0.15, 0.2) is 48.5 Å². The van der Waals surface area contributed by atoms with Crippen molar-refractivity contribution < 1.29 is 19.2 Å². The molecule has 0 bridgehead atoms. The number of anilines is 1. The summed E-state index contributed by atoms with van der Waals surface area (Å²) in [6.07, 6.45) is 0.0617. The number of non-ortho nitro benzene ring substituents is 1.